The molecule has 0 fully saturated rings. The van der Waals surface area contributed by atoms with Crippen molar-refractivity contribution in [1.82, 2.24) is 24.7 Å². The predicted octanol–water partition coefficient (Wildman–Crippen LogP) is 5.55. The molecule has 3 rings (SSSR count). The molecule has 7 heteroatoms. The van der Waals surface area contributed by atoms with Crippen LogP contribution in [0, 0.1) is 19.8 Å². The first kappa shape index (κ1) is 26.7. The SMILES string of the molecule is C.CC1=NC(C(C)C)C(C)=N1.Cc1nc(C(C)C)n[nH]1.Cc1nccn1C(C)C. The van der Waals surface area contributed by atoms with Crippen LogP contribution in [0.25, 0.3) is 0 Å². The molecule has 1 unspecified atom stereocenters. The number of H-pyrrole nitrogens is 1. The van der Waals surface area contributed by atoms with Gasteiger partial charge < -0.3 is 4.57 Å². The quantitative estimate of drug-likeness (QED) is 0.729. The molecule has 7 nitrogen and oxygen atoms in total. The molecule has 0 amide bonds. The number of nitrogens with one attached hydrogen (secondary N) is 1. The largest absolute Gasteiger partial charge is 0.333 e. The molecule has 164 valence electrons. The normalized spacial score (nSPS) is 15.3. The summed E-state index contributed by atoms with van der Waals surface area (Å²) in [6.45, 7) is 20.7. The van der Waals surface area contributed by atoms with Crippen LogP contribution in [0.4, 0.5) is 0 Å². The van der Waals surface area contributed by atoms with Gasteiger partial charge in [-0.3, -0.25) is 10.1 Å². The van der Waals surface area contributed by atoms with Gasteiger partial charge >= 0.3 is 0 Å². The summed E-state index contributed by atoms with van der Waals surface area (Å²) in [5.74, 6) is 4.81. The zero-order valence-corrected chi connectivity index (χ0v) is 19.1. The molecule has 1 aliphatic rings. The summed E-state index contributed by atoms with van der Waals surface area (Å²) in [7, 11) is 0. The van der Waals surface area contributed by atoms with E-state index in [0.29, 0.717) is 23.9 Å². The number of hydrogen-bond acceptors (Lipinski definition) is 5. The van der Waals surface area contributed by atoms with Crippen molar-refractivity contribution in [2.24, 2.45) is 15.9 Å². The number of aromatic amines is 1. The molecule has 1 N–H and O–H groups in total. The summed E-state index contributed by atoms with van der Waals surface area (Å²) in [5.41, 5.74) is 1.16. The van der Waals surface area contributed by atoms with Gasteiger partial charge in [0.05, 0.1) is 6.04 Å². The molecule has 0 saturated carbocycles. The smallest absolute Gasteiger partial charge is 0.153 e. The van der Waals surface area contributed by atoms with Crippen molar-refractivity contribution in [3.8, 4) is 0 Å². The lowest BCUT2D eigenvalue weighted by Gasteiger charge is -2.10. The van der Waals surface area contributed by atoms with E-state index in [-0.39, 0.29) is 7.43 Å². The van der Waals surface area contributed by atoms with E-state index in [1.165, 1.54) is 0 Å². The lowest BCUT2D eigenvalue weighted by molar-refractivity contribution is 0.582. The van der Waals surface area contributed by atoms with E-state index in [2.05, 4.69) is 76.3 Å². The van der Waals surface area contributed by atoms with Gasteiger partial charge in [0.2, 0.25) is 0 Å². The van der Waals surface area contributed by atoms with Crippen molar-refractivity contribution >= 4 is 11.5 Å². The Bertz CT molecular complexity index is 779. The van der Waals surface area contributed by atoms with Crippen LogP contribution in [0.1, 0.15) is 92.2 Å². The van der Waals surface area contributed by atoms with Gasteiger partial charge in [-0.1, -0.05) is 35.1 Å². The van der Waals surface area contributed by atoms with Gasteiger partial charge in [-0.05, 0) is 47.5 Å². The molecule has 0 spiro atoms. The van der Waals surface area contributed by atoms with Crippen molar-refractivity contribution in [2.75, 3.05) is 0 Å². The molecular weight excluding hydrogens is 362 g/mol. The number of aromatic nitrogens is 5. The molecule has 2 aromatic heterocycles. The molecule has 0 bridgehead atoms. The zero-order chi connectivity index (χ0) is 21.4. The van der Waals surface area contributed by atoms with E-state index >= 15 is 0 Å². The van der Waals surface area contributed by atoms with Crippen molar-refractivity contribution in [1.29, 1.82) is 0 Å². The van der Waals surface area contributed by atoms with Crippen molar-refractivity contribution < 1.29 is 0 Å². The molecule has 0 aliphatic carbocycles. The van der Waals surface area contributed by atoms with Gasteiger partial charge in [0.25, 0.3) is 0 Å². The van der Waals surface area contributed by atoms with Crippen molar-refractivity contribution in [2.45, 2.75) is 94.7 Å². The van der Waals surface area contributed by atoms with Crippen LogP contribution in [-0.4, -0.2) is 42.3 Å². The highest BCUT2D eigenvalue weighted by atomic mass is 15.2. The predicted molar refractivity (Wildman–Crippen MR) is 124 cm³/mol. The molecule has 3 heterocycles. The molecular formula is C22H41N7. The average molecular weight is 404 g/mol. The summed E-state index contributed by atoms with van der Waals surface area (Å²) in [4.78, 5) is 16.9. The van der Waals surface area contributed by atoms with Crippen LogP contribution in [-0.2, 0) is 0 Å². The minimum absolute atomic E-state index is 0. The van der Waals surface area contributed by atoms with Gasteiger partial charge in [0, 0.05) is 30.1 Å². The van der Waals surface area contributed by atoms with Gasteiger partial charge in [0.1, 0.15) is 17.5 Å². The Kier molecular flexibility index (Phi) is 11.3. The first-order valence-corrected chi connectivity index (χ1v) is 10.0. The standard InChI is InChI=1S/C8H14N2.C7H12N2.C6H11N3.CH4/c1-5(2)8-6(3)9-7(4)10-8;1-6(2)9-5-4-8-7(9)3;1-4(2)6-7-5(3)8-9-6;/h5,8H,1-4H3;4-6H,1-3H3;4H,1-3H3,(H,7,8,9);1H4. The second-order valence-electron chi connectivity index (χ2n) is 8.03. The minimum atomic E-state index is 0. The van der Waals surface area contributed by atoms with E-state index in [0.717, 1.165) is 29.0 Å². The van der Waals surface area contributed by atoms with Gasteiger partial charge in [0.15, 0.2) is 5.82 Å². The third-order valence-corrected chi connectivity index (χ3v) is 4.27. The maximum Gasteiger partial charge on any atom is 0.153 e. The second kappa shape index (κ2) is 12.3. The summed E-state index contributed by atoms with van der Waals surface area (Å²) in [5, 5.41) is 6.77. The van der Waals surface area contributed by atoms with Crippen LogP contribution >= 0.6 is 0 Å². The number of nitrogens with zero attached hydrogens (tertiary/aromatic N) is 6. The Morgan fingerprint density at radius 3 is 1.83 bits per heavy atom. The van der Waals surface area contributed by atoms with Crippen LogP contribution in [0.15, 0.2) is 22.4 Å². The van der Waals surface area contributed by atoms with E-state index < -0.39 is 0 Å². The van der Waals surface area contributed by atoms with E-state index in [1.807, 2.05) is 40.1 Å². The molecule has 0 aromatic carbocycles. The number of hydrogen-bond donors (Lipinski definition) is 1. The summed E-state index contributed by atoms with van der Waals surface area (Å²) in [6.07, 6.45) is 3.83. The Hall–Kier alpha value is -2.31. The third-order valence-electron chi connectivity index (χ3n) is 4.27. The summed E-state index contributed by atoms with van der Waals surface area (Å²) < 4.78 is 2.14. The summed E-state index contributed by atoms with van der Waals surface area (Å²) in [6, 6.07) is 0.882. The highest BCUT2D eigenvalue weighted by Crippen LogP contribution is 2.14. The lowest BCUT2D eigenvalue weighted by atomic mass is 10.0. The van der Waals surface area contributed by atoms with Gasteiger partial charge in [-0.2, -0.15) is 5.10 Å². The monoisotopic (exact) mass is 403 g/mol. The first-order chi connectivity index (χ1) is 13.0. The third kappa shape index (κ3) is 8.71. The molecule has 1 atom stereocenters. The maximum atomic E-state index is 4.38. The summed E-state index contributed by atoms with van der Waals surface area (Å²) >= 11 is 0. The Labute approximate surface area is 177 Å². The Morgan fingerprint density at radius 1 is 1.00 bits per heavy atom. The topological polar surface area (TPSA) is 84.1 Å². The van der Waals surface area contributed by atoms with E-state index in [4.69, 9.17) is 0 Å². The maximum absolute atomic E-state index is 4.38. The highest BCUT2D eigenvalue weighted by molar-refractivity contribution is 6.04. The van der Waals surface area contributed by atoms with E-state index in [1.54, 1.807) is 0 Å². The molecule has 2 aromatic rings. The fourth-order valence-corrected chi connectivity index (χ4v) is 2.83. The fraction of sp³-hybridized carbons (Fsp3) is 0.682. The molecule has 29 heavy (non-hydrogen) atoms. The first-order valence-electron chi connectivity index (χ1n) is 10.0. The number of aryl methyl sites for hydroxylation is 2. The Balaban J connectivity index is 0.000000399. The average Bonchev–Trinajstić information content (AvgIpc) is 3.29. The number of aliphatic imine (C=N–C) groups is 2. The molecule has 0 radical (unpaired) electrons. The second-order valence-corrected chi connectivity index (χ2v) is 8.03. The Morgan fingerprint density at radius 2 is 1.62 bits per heavy atom. The van der Waals surface area contributed by atoms with Gasteiger partial charge in [-0.15, -0.1) is 0 Å². The van der Waals surface area contributed by atoms with Crippen LogP contribution in [0.2, 0.25) is 0 Å². The van der Waals surface area contributed by atoms with Crippen LogP contribution in [0.3, 0.4) is 0 Å². The molecule has 1 aliphatic heterocycles. The van der Waals surface area contributed by atoms with Crippen molar-refractivity contribution in [3.05, 3.63) is 29.9 Å². The zero-order valence-electron chi connectivity index (χ0n) is 19.1. The number of amidine groups is 1. The molecule has 0 saturated heterocycles. The van der Waals surface area contributed by atoms with Crippen molar-refractivity contribution in [3.63, 3.8) is 0 Å². The minimum Gasteiger partial charge on any atom is -0.333 e. The van der Waals surface area contributed by atoms with Gasteiger partial charge in [-0.25, -0.2) is 15.0 Å². The van der Waals surface area contributed by atoms with Crippen LogP contribution < -0.4 is 0 Å². The lowest BCUT2D eigenvalue weighted by Crippen LogP contribution is -2.18. The fourth-order valence-electron chi connectivity index (χ4n) is 2.83. The number of rotatable bonds is 3. The highest BCUT2D eigenvalue weighted by Gasteiger charge is 2.19. The van der Waals surface area contributed by atoms with E-state index in [9.17, 15) is 0 Å². The number of imidazole rings is 1. The van der Waals surface area contributed by atoms with Crippen LogP contribution in [0.5, 0.6) is 0 Å².